The lowest BCUT2D eigenvalue weighted by molar-refractivity contribution is 0.249. The third-order valence-electron chi connectivity index (χ3n) is 5.92. The van der Waals surface area contributed by atoms with Gasteiger partial charge in [-0.05, 0) is 76.5 Å². The first-order chi connectivity index (χ1) is 15.6. The van der Waals surface area contributed by atoms with Gasteiger partial charge in [-0.3, -0.25) is 0 Å². The molecule has 0 fully saturated rings. The number of hydrogen-bond acceptors (Lipinski definition) is 3. The van der Waals surface area contributed by atoms with E-state index in [1.54, 1.807) is 0 Å². The summed E-state index contributed by atoms with van der Waals surface area (Å²) in [7, 11) is 0. The fraction of sp³-hybridized carbons (Fsp3) is 0.536. The lowest BCUT2D eigenvalue weighted by atomic mass is 10.1. The summed E-state index contributed by atoms with van der Waals surface area (Å²) >= 11 is 0. The normalized spacial score (nSPS) is 12.3. The Hall–Kier alpha value is -2.33. The van der Waals surface area contributed by atoms with Crippen LogP contribution in [-0.4, -0.2) is 40.7 Å². The Morgan fingerprint density at radius 2 is 1.78 bits per heavy atom. The minimum Gasteiger partial charge on any atom is -0.494 e. The molecule has 0 aliphatic carbocycles. The largest absolute Gasteiger partial charge is 0.494 e. The van der Waals surface area contributed by atoms with Crippen LogP contribution in [0.25, 0.3) is 17.0 Å². The van der Waals surface area contributed by atoms with E-state index in [1.807, 2.05) is 0 Å². The van der Waals surface area contributed by atoms with Crippen LogP contribution >= 0.6 is 0 Å². The van der Waals surface area contributed by atoms with Crippen molar-refractivity contribution in [3.63, 3.8) is 0 Å². The SMILES string of the molecule is C/C=C\C=C(/C)n1c(CCCC)nc(-c2ccc(OCCCN(CC)CC)cc2)c1CC. The molecule has 1 aromatic heterocycles. The molecule has 4 heteroatoms. The Bertz CT molecular complexity index is 858. The lowest BCUT2D eigenvalue weighted by Crippen LogP contribution is -2.25. The monoisotopic (exact) mass is 437 g/mol. The van der Waals surface area contributed by atoms with Gasteiger partial charge in [0.1, 0.15) is 11.6 Å². The summed E-state index contributed by atoms with van der Waals surface area (Å²) in [5.74, 6) is 2.09. The van der Waals surface area contributed by atoms with Crippen molar-refractivity contribution in [2.24, 2.45) is 0 Å². The van der Waals surface area contributed by atoms with Crippen LogP contribution in [0.5, 0.6) is 5.75 Å². The first kappa shape index (κ1) is 25.9. The predicted molar refractivity (Wildman–Crippen MR) is 138 cm³/mol. The minimum absolute atomic E-state index is 0.751. The fourth-order valence-electron chi connectivity index (χ4n) is 4.02. The Kier molecular flexibility index (Phi) is 11.3. The van der Waals surface area contributed by atoms with Gasteiger partial charge in [0.2, 0.25) is 0 Å². The second-order valence-corrected chi connectivity index (χ2v) is 8.20. The van der Waals surface area contributed by atoms with Gasteiger partial charge in [0.15, 0.2) is 0 Å². The van der Waals surface area contributed by atoms with Crippen molar-refractivity contribution in [2.75, 3.05) is 26.2 Å². The van der Waals surface area contributed by atoms with E-state index in [0.717, 1.165) is 74.8 Å². The molecule has 0 atom stereocenters. The van der Waals surface area contributed by atoms with Gasteiger partial charge in [-0.25, -0.2) is 4.98 Å². The third-order valence-corrected chi connectivity index (χ3v) is 5.92. The Labute approximate surface area is 196 Å². The first-order valence-electron chi connectivity index (χ1n) is 12.4. The molecule has 1 aromatic carbocycles. The van der Waals surface area contributed by atoms with Gasteiger partial charge in [-0.2, -0.15) is 0 Å². The molecule has 0 N–H and O–H groups in total. The Balaban J connectivity index is 2.22. The van der Waals surface area contributed by atoms with Crippen LogP contribution in [-0.2, 0) is 12.8 Å². The molecule has 0 aliphatic rings. The quantitative estimate of drug-likeness (QED) is 0.235. The smallest absolute Gasteiger partial charge is 0.119 e. The zero-order valence-corrected chi connectivity index (χ0v) is 21.2. The van der Waals surface area contributed by atoms with Gasteiger partial charge >= 0.3 is 0 Å². The Morgan fingerprint density at radius 1 is 1.06 bits per heavy atom. The van der Waals surface area contributed by atoms with Gasteiger partial charge in [0.05, 0.1) is 18.0 Å². The van der Waals surface area contributed by atoms with E-state index >= 15 is 0 Å². The van der Waals surface area contributed by atoms with Crippen LogP contribution in [0.3, 0.4) is 0 Å². The van der Waals surface area contributed by atoms with E-state index in [1.165, 1.54) is 17.8 Å². The number of benzene rings is 1. The number of aryl methyl sites for hydroxylation is 1. The molecule has 0 saturated carbocycles. The number of aromatic nitrogens is 2. The number of ether oxygens (including phenoxy) is 1. The van der Waals surface area contributed by atoms with Crippen LogP contribution in [0, 0.1) is 0 Å². The number of imidazole rings is 1. The lowest BCUT2D eigenvalue weighted by Gasteiger charge is -2.17. The van der Waals surface area contributed by atoms with E-state index in [4.69, 9.17) is 9.72 Å². The van der Waals surface area contributed by atoms with E-state index in [9.17, 15) is 0 Å². The second kappa shape index (κ2) is 13.9. The van der Waals surface area contributed by atoms with Crippen LogP contribution in [0.1, 0.15) is 72.3 Å². The summed E-state index contributed by atoms with van der Waals surface area (Å²) in [5.41, 5.74) is 4.76. The highest BCUT2D eigenvalue weighted by Gasteiger charge is 2.18. The van der Waals surface area contributed by atoms with Gasteiger partial charge in [-0.1, -0.05) is 46.3 Å². The number of unbranched alkanes of at least 4 members (excludes halogenated alkanes) is 1. The summed E-state index contributed by atoms with van der Waals surface area (Å²) in [6, 6.07) is 8.47. The van der Waals surface area contributed by atoms with E-state index in [0.29, 0.717) is 0 Å². The summed E-state index contributed by atoms with van der Waals surface area (Å²) in [6.45, 7) is 17.1. The van der Waals surface area contributed by atoms with Crippen molar-refractivity contribution in [1.82, 2.24) is 14.5 Å². The topological polar surface area (TPSA) is 30.3 Å². The molecule has 2 aromatic rings. The Morgan fingerprint density at radius 3 is 2.38 bits per heavy atom. The standard InChI is InChI=1S/C28H43N3O/c1-7-12-15-23(6)31-26(9-3)28(29-27(31)16-13-8-2)24-17-19-25(20-18-24)32-22-14-21-30(10-4)11-5/h7,12,15,17-20H,8-11,13-14,16,21-22H2,1-6H3/b12-7-,23-15+. The van der Waals surface area contributed by atoms with Crippen molar-refractivity contribution >= 4 is 5.70 Å². The predicted octanol–water partition coefficient (Wildman–Crippen LogP) is 7.00. The van der Waals surface area contributed by atoms with Crippen molar-refractivity contribution in [2.45, 2.75) is 73.6 Å². The minimum atomic E-state index is 0.751. The average Bonchev–Trinajstić information content (AvgIpc) is 3.20. The maximum absolute atomic E-state index is 5.99. The van der Waals surface area contributed by atoms with Gasteiger partial charge in [-0.15, -0.1) is 0 Å². The van der Waals surface area contributed by atoms with Crippen LogP contribution < -0.4 is 4.74 Å². The third kappa shape index (κ3) is 7.09. The van der Waals surface area contributed by atoms with Crippen LogP contribution in [0.15, 0.2) is 42.5 Å². The molecule has 32 heavy (non-hydrogen) atoms. The molecule has 0 saturated heterocycles. The molecule has 2 rings (SSSR count). The fourth-order valence-corrected chi connectivity index (χ4v) is 4.02. The maximum atomic E-state index is 5.99. The average molecular weight is 438 g/mol. The summed E-state index contributed by atoms with van der Waals surface area (Å²) < 4.78 is 8.35. The van der Waals surface area contributed by atoms with Crippen LogP contribution in [0.4, 0.5) is 0 Å². The molecule has 176 valence electrons. The first-order valence-corrected chi connectivity index (χ1v) is 12.4. The highest BCUT2D eigenvalue weighted by Crippen LogP contribution is 2.29. The molecule has 1 heterocycles. The summed E-state index contributed by atoms with van der Waals surface area (Å²) in [5, 5.41) is 0. The van der Waals surface area contributed by atoms with Gasteiger partial charge in [0, 0.05) is 24.2 Å². The number of allylic oxidation sites excluding steroid dienone is 4. The molecule has 0 amide bonds. The molecule has 0 aliphatic heterocycles. The molecule has 0 radical (unpaired) electrons. The molecule has 4 nitrogen and oxygen atoms in total. The number of rotatable bonds is 14. The second-order valence-electron chi connectivity index (χ2n) is 8.20. The highest BCUT2D eigenvalue weighted by molar-refractivity contribution is 5.66. The van der Waals surface area contributed by atoms with E-state index in [2.05, 4.69) is 93.5 Å². The molecular weight excluding hydrogens is 394 g/mol. The van der Waals surface area contributed by atoms with E-state index < -0.39 is 0 Å². The zero-order valence-electron chi connectivity index (χ0n) is 21.2. The van der Waals surface area contributed by atoms with Gasteiger partial charge < -0.3 is 14.2 Å². The number of nitrogens with zero attached hydrogens (tertiary/aromatic N) is 3. The molecular formula is C28H43N3O. The van der Waals surface area contributed by atoms with Crippen molar-refractivity contribution in [1.29, 1.82) is 0 Å². The molecule has 0 bridgehead atoms. The molecule has 0 spiro atoms. The zero-order chi connectivity index (χ0) is 23.3. The van der Waals surface area contributed by atoms with Crippen molar-refractivity contribution < 1.29 is 4.74 Å². The number of hydrogen-bond donors (Lipinski definition) is 0. The van der Waals surface area contributed by atoms with Crippen LogP contribution in [0.2, 0.25) is 0 Å². The van der Waals surface area contributed by atoms with Crippen molar-refractivity contribution in [3.05, 3.63) is 54.0 Å². The van der Waals surface area contributed by atoms with Crippen molar-refractivity contribution in [3.8, 4) is 17.0 Å². The summed E-state index contributed by atoms with van der Waals surface area (Å²) in [4.78, 5) is 7.54. The highest BCUT2D eigenvalue weighted by atomic mass is 16.5. The summed E-state index contributed by atoms with van der Waals surface area (Å²) in [6.07, 6.45) is 11.7. The van der Waals surface area contributed by atoms with E-state index in [-0.39, 0.29) is 0 Å². The van der Waals surface area contributed by atoms with Gasteiger partial charge in [0.25, 0.3) is 0 Å². The molecule has 0 unspecified atom stereocenters. The maximum Gasteiger partial charge on any atom is 0.119 e.